The van der Waals surface area contributed by atoms with E-state index in [1.807, 2.05) is 20.8 Å². The molecule has 0 atom stereocenters. The highest BCUT2D eigenvalue weighted by molar-refractivity contribution is 6.35. The van der Waals surface area contributed by atoms with E-state index in [-0.39, 0.29) is 5.91 Å². The Morgan fingerprint density at radius 1 is 1.00 bits per heavy atom. The number of carbonyl (C=O) groups is 1. The highest BCUT2D eigenvalue weighted by Crippen LogP contribution is 2.39. The number of hydrogen-bond acceptors (Lipinski definition) is 6. The molecule has 0 radical (unpaired) electrons. The number of anilines is 1. The Morgan fingerprint density at radius 3 is 2.19 bits per heavy atom. The number of carbonyl (C=O) groups excluding carboxylic acids is 1. The average Bonchev–Trinajstić information content (AvgIpc) is 3.10. The number of rotatable bonds is 9. The highest BCUT2D eigenvalue weighted by Gasteiger charge is 2.20. The van der Waals surface area contributed by atoms with Crippen LogP contribution in [0, 0.1) is 6.92 Å². The summed E-state index contributed by atoms with van der Waals surface area (Å²) in [5.41, 5.74) is 1.01. The minimum absolute atomic E-state index is 0.300. The maximum atomic E-state index is 13.1. The Hall–Kier alpha value is -2.97. The summed E-state index contributed by atoms with van der Waals surface area (Å²) < 4.78 is 18.5. The van der Waals surface area contributed by atoms with Crippen molar-refractivity contribution in [3.05, 3.63) is 51.8 Å². The van der Waals surface area contributed by atoms with E-state index in [1.54, 1.807) is 31.2 Å². The lowest BCUT2D eigenvalue weighted by Crippen LogP contribution is -2.16. The van der Waals surface area contributed by atoms with E-state index in [0.29, 0.717) is 70.0 Å². The van der Waals surface area contributed by atoms with Crippen LogP contribution in [0.3, 0.4) is 0 Å². The molecule has 8 nitrogen and oxygen atoms in total. The molecule has 0 aliphatic heterocycles. The number of hydrogen-bond donors (Lipinski definition) is 1. The second kappa shape index (κ2) is 10.6. The van der Waals surface area contributed by atoms with Crippen LogP contribution in [0.4, 0.5) is 5.82 Å². The summed E-state index contributed by atoms with van der Waals surface area (Å²) in [6.07, 6.45) is 1.46. The molecule has 3 rings (SSSR count). The monoisotopic (exact) mass is 478 g/mol. The van der Waals surface area contributed by atoms with Crippen molar-refractivity contribution in [1.82, 2.24) is 14.8 Å². The third kappa shape index (κ3) is 5.26. The summed E-state index contributed by atoms with van der Waals surface area (Å²) in [5, 5.41) is 7.95. The van der Waals surface area contributed by atoms with Gasteiger partial charge in [-0.2, -0.15) is 9.78 Å². The Balaban J connectivity index is 1.99. The molecule has 2 heterocycles. The SMILES string of the molecule is CCOc1cc(C(=O)Nc2cc(C)nn2-c2ncc(Cl)cc2Cl)cc(OCC)c1OCC. The zero-order valence-electron chi connectivity index (χ0n) is 18.2. The minimum atomic E-state index is -0.388. The number of aryl methyl sites for hydroxylation is 1. The van der Waals surface area contributed by atoms with E-state index in [4.69, 9.17) is 37.4 Å². The fraction of sp³-hybridized carbons (Fsp3) is 0.318. The predicted octanol–water partition coefficient (Wildman–Crippen LogP) is 5.33. The van der Waals surface area contributed by atoms with Gasteiger partial charge in [-0.3, -0.25) is 4.79 Å². The molecule has 0 fully saturated rings. The van der Waals surface area contributed by atoms with Crippen molar-refractivity contribution < 1.29 is 19.0 Å². The first kappa shape index (κ1) is 23.7. The van der Waals surface area contributed by atoms with Crippen LogP contribution in [-0.2, 0) is 0 Å². The van der Waals surface area contributed by atoms with Crippen LogP contribution in [0.25, 0.3) is 5.82 Å². The lowest BCUT2D eigenvalue weighted by atomic mass is 10.1. The fourth-order valence-corrected chi connectivity index (χ4v) is 3.48. The van der Waals surface area contributed by atoms with Crippen LogP contribution in [0.1, 0.15) is 36.8 Å². The Bertz CT molecular complexity index is 1090. The molecule has 0 unspecified atom stereocenters. The van der Waals surface area contributed by atoms with Gasteiger partial charge in [-0.15, -0.1) is 0 Å². The predicted molar refractivity (Wildman–Crippen MR) is 124 cm³/mol. The van der Waals surface area contributed by atoms with Crippen LogP contribution in [0.15, 0.2) is 30.5 Å². The Morgan fingerprint density at radius 2 is 1.62 bits per heavy atom. The normalized spacial score (nSPS) is 10.7. The molecule has 0 aliphatic rings. The van der Waals surface area contributed by atoms with E-state index < -0.39 is 0 Å². The molecule has 0 aliphatic carbocycles. The fourth-order valence-electron chi connectivity index (χ4n) is 3.02. The second-order valence-electron chi connectivity index (χ2n) is 6.60. The van der Waals surface area contributed by atoms with E-state index in [2.05, 4.69) is 15.4 Å². The third-order valence-electron chi connectivity index (χ3n) is 4.23. The minimum Gasteiger partial charge on any atom is -0.490 e. The maximum Gasteiger partial charge on any atom is 0.257 e. The molecular formula is C22H24Cl2N4O4. The average molecular weight is 479 g/mol. The molecule has 0 bridgehead atoms. The van der Waals surface area contributed by atoms with Gasteiger partial charge >= 0.3 is 0 Å². The smallest absolute Gasteiger partial charge is 0.257 e. The molecule has 170 valence electrons. The van der Waals surface area contributed by atoms with Gasteiger partial charge in [0.15, 0.2) is 17.3 Å². The molecule has 3 aromatic rings. The summed E-state index contributed by atoms with van der Waals surface area (Å²) in [5.74, 6) is 1.67. The topological polar surface area (TPSA) is 87.5 Å². The second-order valence-corrected chi connectivity index (χ2v) is 7.44. The number of benzene rings is 1. The number of aromatic nitrogens is 3. The van der Waals surface area contributed by atoms with Crippen LogP contribution in [0.5, 0.6) is 17.2 Å². The van der Waals surface area contributed by atoms with Gasteiger partial charge in [-0.05, 0) is 45.9 Å². The summed E-state index contributed by atoms with van der Waals surface area (Å²) >= 11 is 12.2. The zero-order valence-corrected chi connectivity index (χ0v) is 19.8. The molecule has 1 aromatic carbocycles. The number of ether oxygens (including phenoxy) is 3. The van der Waals surface area contributed by atoms with Gasteiger partial charge in [-0.1, -0.05) is 23.2 Å². The van der Waals surface area contributed by atoms with Crippen molar-refractivity contribution in [1.29, 1.82) is 0 Å². The quantitative estimate of drug-likeness (QED) is 0.446. The third-order valence-corrected chi connectivity index (χ3v) is 4.72. The van der Waals surface area contributed by atoms with Crippen molar-refractivity contribution in [3.63, 3.8) is 0 Å². The van der Waals surface area contributed by atoms with Crippen LogP contribution >= 0.6 is 23.2 Å². The van der Waals surface area contributed by atoms with Gasteiger partial charge in [0.2, 0.25) is 5.75 Å². The molecule has 1 amide bonds. The largest absolute Gasteiger partial charge is 0.490 e. The molecular weight excluding hydrogens is 455 g/mol. The van der Waals surface area contributed by atoms with Gasteiger partial charge < -0.3 is 19.5 Å². The van der Waals surface area contributed by atoms with E-state index in [1.165, 1.54) is 10.9 Å². The van der Waals surface area contributed by atoms with Gasteiger partial charge in [0.1, 0.15) is 5.82 Å². The maximum absolute atomic E-state index is 13.1. The van der Waals surface area contributed by atoms with Crippen molar-refractivity contribution in [2.45, 2.75) is 27.7 Å². The first-order valence-electron chi connectivity index (χ1n) is 10.1. The number of halogens is 2. The summed E-state index contributed by atoms with van der Waals surface area (Å²) in [6, 6.07) is 6.51. The molecule has 0 spiro atoms. The van der Waals surface area contributed by atoms with Gasteiger partial charge in [0.05, 0.1) is 35.6 Å². The van der Waals surface area contributed by atoms with E-state index in [9.17, 15) is 4.79 Å². The van der Waals surface area contributed by atoms with Crippen LogP contribution in [0.2, 0.25) is 10.0 Å². The first-order valence-corrected chi connectivity index (χ1v) is 10.9. The molecule has 0 saturated carbocycles. The Labute approximate surface area is 196 Å². The zero-order chi connectivity index (χ0) is 23.3. The number of nitrogens with zero attached hydrogens (tertiary/aromatic N) is 3. The van der Waals surface area contributed by atoms with E-state index >= 15 is 0 Å². The van der Waals surface area contributed by atoms with Gasteiger partial charge in [0, 0.05) is 17.8 Å². The van der Waals surface area contributed by atoms with Crippen molar-refractivity contribution >= 4 is 34.9 Å². The molecule has 2 aromatic heterocycles. The highest BCUT2D eigenvalue weighted by atomic mass is 35.5. The lowest BCUT2D eigenvalue weighted by molar-refractivity contribution is 0.102. The molecule has 32 heavy (non-hydrogen) atoms. The number of pyridine rings is 1. The van der Waals surface area contributed by atoms with Crippen LogP contribution in [-0.4, -0.2) is 40.5 Å². The molecule has 1 N–H and O–H groups in total. The van der Waals surface area contributed by atoms with E-state index in [0.717, 1.165) is 0 Å². The lowest BCUT2D eigenvalue weighted by Gasteiger charge is -2.17. The summed E-state index contributed by atoms with van der Waals surface area (Å²) in [6.45, 7) is 8.62. The van der Waals surface area contributed by atoms with Gasteiger partial charge in [0.25, 0.3) is 5.91 Å². The Kier molecular flexibility index (Phi) is 7.82. The molecule has 0 saturated heterocycles. The summed E-state index contributed by atoms with van der Waals surface area (Å²) in [7, 11) is 0. The summed E-state index contributed by atoms with van der Waals surface area (Å²) in [4.78, 5) is 17.4. The molecule has 10 heteroatoms. The number of amides is 1. The number of nitrogens with one attached hydrogen (secondary N) is 1. The van der Waals surface area contributed by atoms with Crippen LogP contribution < -0.4 is 19.5 Å². The first-order chi connectivity index (χ1) is 15.4. The van der Waals surface area contributed by atoms with Crippen molar-refractivity contribution in [2.75, 3.05) is 25.1 Å². The van der Waals surface area contributed by atoms with Crippen molar-refractivity contribution in [2.24, 2.45) is 0 Å². The standard InChI is InChI=1S/C22H24Cl2N4O4/c1-5-30-17-9-14(10-18(31-6-2)20(17)32-7-3)22(29)26-19-8-13(4)27-28(19)21-16(24)11-15(23)12-25-21/h8-12H,5-7H2,1-4H3,(H,26,29). The van der Waals surface area contributed by atoms with Gasteiger partial charge in [-0.25, -0.2) is 4.98 Å². The van der Waals surface area contributed by atoms with Crippen molar-refractivity contribution in [3.8, 4) is 23.1 Å².